The Morgan fingerprint density at radius 2 is 1.71 bits per heavy atom. The molecule has 0 aliphatic carbocycles. The van der Waals surface area contributed by atoms with Gasteiger partial charge in [0.05, 0.1) is 11.9 Å². The van der Waals surface area contributed by atoms with Gasteiger partial charge in [0.1, 0.15) is 12.1 Å². The van der Waals surface area contributed by atoms with Crippen LogP contribution in [0.3, 0.4) is 0 Å². The molecule has 1 unspecified atom stereocenters. The highest BCUT2D eigenvalue weighted by molar-refractivity contribution is 6.09. The predicted molar refractivity (Wildman–Crippen MR) is 132 cm³/mol. The second-order valence-corrected chi connectivity index (χ2v) is 8.89. The molecule has 8 nitrogen and oxygen atoms in total. The maximum Gasteiger partial charge on any atom is 0.325 e. The van der Waals surface area contributed by atoms with Gasteiger partial charge in [-0.1, -0.05) is 54.6 Å². The number of hydrogen-bond acceptors (Lipinski definition) is 4. The van der Waals surface area contributed by atoms with Crippen LogP contribution in [-0.2, 0) is 21.7 Å². The lowest BCUT2D eigenvalue weighted by Crippen LogP contribution is -2.43. The maximum atomic E-state index is 13.3. The van der Waals surface area contributed by atoms with Crippen molar-refractivity contribution in [2.24, 2.45) is 0 Å². The Bertz CT molecular complexity index is 1430. The van der Waals surface area contributed by atoms with Crippen LogP contribution in [0, 0.1) is 0 Å². The Morgan fingerprint density at radius 3 is 2.49 bits per heavy atom. The second kappa shape index (κ2) is 8.72. The van der Waals surface area contributed by atoms with Gasteiger partial charge in [0.2, 0.25) is 5.91 Å². The number of amides is 4. The predicted octanol–water partition coefficient (Wildman–Crippen LogP) is 3.45. The van der Waals surface area contributed by atoms with Gasteiger partial charge in [-0.2, -0.15) is 5.10 Å². The van der Waals surface area contributed by atoms with Crippen LogP contribution in [0.5, 0.6) is 0 Å². The summed E-state index contributed by atoms with van der Waals surface area (Å²) in [6.07, 6.45) is 3.55. The normalized spacial score (nSPS) is 17.6. The number of benzene rings is 3. The highest BCUT2D eigenvalue weighted by Gasteiger charge is 2.49. The van der Waals surface area contributed by atoms with Gasteiger partial charge < -0.3 is 10.2 Å². The van der Waals surface area contributed by atoms with E-state index in [-0.39, 0.29) is 12.5 Å². The fourth-order valence-corrected chi connectivity index (χ4v) is 4.32. The van der Waals surface area contributed by atoms with E-state index in [4.69, 9.17) is 0 Å². The van der Waals surface area contributed by atoms with Crippen LogP contribution in [0.4, 0.5) is 4.79 Å². The van der Waals surface area contributed by atoms with Crippen molar-refractivity contribution in [2.45, 2.75) is 19.0 Å². The zero-order valence-corrected chi connectivity index (χ0v) is 19.5. The summed E-state index contributed by atoms with van der Waals surface area (Å²) < 4.78 is 1.74. The first-order valence-electron chi connectivity index (χ1n) is 11.3. The molecule has 35 heavy (non-hydrogen) atoms. The van der Waals surface area contributed by atoms with Crippen LogP contribution in [0.15, 0.2) is 85.2 Å². The molecule has 1 aromatic heterocycles. The van der Waals surface area contributed by atoms with Gasteiger partial charge in [0.15, 0.2) is 0 Å². The van der Waals surface area contributed by atoms with Gasteiger partial charge >= 0.3 is 6.03 Å². The van der Waals surface area contributed by atoms with E-state index in [1.807, 2.05) is 79.0 Å². The van der Waals surface area contributed by atoms with E-state index in [0.29, 0.717) is 12.1 Å². The van der Waals surface area contributed by atoms with E-state index in [0.717, 1.165) is 26.9 Å². The number of hydrogen-bond donors (Lipinski definition) is 1. The molecule has 4 amide bonds. The lowest BCUT2D eigenvalue weighted by atomic mass is 9.90. The Kier molecular flexibility index (Phi) is 5.56. The molecule has 1 aliphatic rings. The van der Waals surface area contributed by atoms with E-state index in [1.54, 1.807) is 24.9 Å². The smallest absolute Gasteiger partial charge is 0.325 e. The minimum atomic E-state index is -1.24. The molecule has 0 saturated carbocycles. The van der Waals surface area contributed by atoms with E-state index >= 15 is 0 Å². The summed E-state index contributed by atoms with van der Waals surface area (Å²) in [6, 6.07) is 22.6. The monoisotopic (exact) mass is 467 g/mol. The third-order valence-electron chi connectivity index (χ3n) is 6.40. The molecule has 8 heteroatoms. The number of aromatic nitrogens is 2. The summed E-state index contributed by atoms with van der Waals surface area (Å²) in [5.74, 6) is -0.792. The molecule has 1 atom stereocenters. The zero-order chi connectivity index (χ0) is 24.6. The Hall–Kier alpha value is -4.46. The van der Waals surface area contributed by atoms with Crippen LogP contribution >= 0.6 is 0 Å². The van der Waals surface area contributed by atoms with Gasteiger partial charge in [0.25, 0.3) is 5.91 Å². The standard InChI is InChI=1S/C27H25N5O3/c1-27(22-13-12-20-8-6-7-9-21(20)14-22)25(34)31(26(35)29-27)18-24(33)30(2)16-19-15-28-32(17-19)23-10-4-3-5-11-23/h3-15,17H,16,18H2,1-2H3,(H,29,35). The van der Waals surface area contributed by atoms with Crippen molar-refractivity contribution in [1.29, 1.82) is 0 Å². The van der Waals surface area contributed by atoms with Gasteiger partial charge in [-0.15, -0.1) is 0 Å². The van der Waals surface area contributed by atoms with Crippen molar-refractivity contribution in [3.63, 3.8) is 0 Å². The number of carbonyl (C=O) groups excluding carboxylic acids is 3. The molecule has 2 heterocycles. The van der Waals surface area contributed by atoms with E-state index in [1.165, 1.54) is 4.90 Å². The topological polar surface area (TPSA) is 87.5 Å². The number of imide groups is 1. The zero-order valence-electron chi connectivity index (χ0n) is 19.5. The molecule has 1 saturated heterocycles. The maximum absolute atomic E-state index is 13.3. The average Bonchev–Trinajstić information content (AvgIpc) is 3.42. The van der Waals surface area contributed by atoms with Crippen LogP contribution in [-0.4, -0.2) is 51.0 Å². The van der Waals surface area contributed by atoms with Crippen molar-refractivity contribution in [1.82, 2.24) is 24.9 Å². The quantitative estimate of drug-likeness (QED) is 0.440. The first kappa shape index (κ1) is 22.3. The number of carbonyl (C=O) groups is 3. The molecule has 1 N–H and O–H groups in total. The van der Waals surface area contributed by atoms with E-state index in [9.17, 15) is 14.4 Å². The molecule has 5 rings (SSSR count). The Morgan fingerprint density at radius 1 is 1.00 bits per heavy atom. The summed E-state index contributed by atoms with van der Waals surface area (Å²) in [7, 11) is 1.64. The molecule has 0 radical (unpaired) electrons. The summed E-state index contributed by atoms with van der Waals surface area (Å²) >= 11 is 0. The van der Waals surface area contributed by atoms with Crippen molar-refractivity contribution in [3.05, 3.63) is 96.3 Å². The van der Waals surface area contributed by atoms with E-state index in [2.05, 4.69) is 10.4 Å². The number of nitrogens with zero attached hydrogens (tertiary/aromatic N) is 4. The number of urea groups is 1. The first-order valence-corrected chi connectivity index (χ1v) is 11.3. The summed E-state index contributed by atoms with van der Waals surface area (Å²) in [5, 5.41) is 9.14. The molecule has 3 aromatic carbocycles. The molecule has 0 spiro atoms. The fraction of sp³-hybridized carbons (Fsp3) is 0.185. The lowest BCUT2D eigenvalue weighted by Gasteiger charge is -2.23. The summed E-state index contributed by atoms with van der Waals surface area (Å²) in [4.78, 5) is 41.4. The average molecular weight is 468 g/mol. The SMILES string of the molecule is CN(Cc1cnn(-c2ccccc2)c1)C(=O)CN1C(=O)NC(C)(c2ccc3ccccc3c2)C1=O. The first-order chi connectivity index (χ1) is 16.8. The Balaban J connectivity index is 1.28. The van der Waals surface area contributed by atoms with Gasteiger partial charge in [-0.05, 0) is 41.5 Å². The highest BCUT2D eigenvalue weighted by Crippen LogP contribution is 2.31. The van der Waals surface area contributed by atoms with Crippen LogP contribution in [0.25, 0.3) is 16.5 Å². The largest absolute Gasteiger partial charge is 0.340 e. The number of rotatable bonds is 6. The minimum Gasteiger partial charge on any atom is -0.340 e. The second-order valence-electron chi connectivity index (χ2n) is 8.89. The third-order valence-corrected chi connectivity index (χ3v) is 6.40. The van der Waals surface area contributed by atoms with Gasteiger partial charge in [0, 0.05) is 25.4 Å². The number of nitrogens with one attached hydrogen (secondary N) is 1. The third kappa shape index (κ3) is 4.14. The summed E-state index contributed by atoms with van der Waals surface area (Å²) in [5.41, 5.74) is 1.19. The summed E-state index contributed by atoms with van der Waals surface area (Å²) in [6.45, 7) is 1.64. The Labute approximate surface area is 202 Å². The molecule has 0 bridgehead atoms. The molecule has 176 valence electrons. The number of para-hydroxylation sites is 1. The highest BCUT2D eigenvalue weighted by atomic mass is 16.2. The van der Waals surface area contributed by atoms with Gasteiger partial charge in [-0.3, -0.25) is 14.5 Å². The van der Waals surface area contributed by atoms with E-state index < -0.39 is 17.5 Å². The van der Waals surface area contributed by atoms with Crippen LogP contribution in [0.1, 0.15) is 18.1 Å². The van der Waals surface area contributed by atoms with Gasteiger partial charge in [-0.25, -0.2) is 9.48 Å². The number of likely N-dealkylation sites (N-methyl/N-ethyl adjacent to an activating group) is 1. The fourth-order valence-electron chi connectivity index (χ4n) is 4.32. The number of fused-ring (bicyclic) bond motifs is 1. The molecule has 1 aliphatic heterocycles. The molecular weight excluding hydrogens is 442 g/mol. The van der Waals surface area contributed by atoms with Crippen molar-refractivity contribution in [2.75, 3.05) is 13.6 Å². The van der Waals surface area contributed by atoms with Crippen LogP contribution in [0.2, 0.25) is 0 Å². The molecule has 4 aromatic rings. The lowest BCUT2D eigenvalue weighted by molar-refractivity contribution is -0.138. The minimum absolute atomic E-state index is 0.303. The molecule has 1 fully saturated rings. The van der Waals surface area contributed by atoms with Crippen molar-refractivity contribution in [3.8, 4) is 5.69 Å². The van der Waals surface area contributed by atoms with Crippen LogP contribution < -0.4 is 5.32 Å². The molecular formula is C27H25N5O3. The van der Waals surface area contributed by atoms with Crippen molar-refractivity contribution < 1.29 is 14.4 Å². The van der Waals surface area contributed by atoms with Crippen molar-refractivity contribution >= 4 is 28.6 Å².